The van der Waals surface area contributed by atoms with Crippen LogP contribution in [0.2, 0.25) is 0 Å². The molecule has 2 aromatic carbocycles. The zero-order valence-corrected chi connectivity index (χ0v) is 34.7. The van der Waals surface area contributed by atoms with Crippen LogP contribution in [0.3, 0.4) is 0 Å². The first-order valence-corrected chi connectivity index (χ1v) is 19.9. The van der Waals surface area contributed by atoms with Crippen molar-refractivity contribution in [3.8, 4) is 5.75 Å². The molecule has 0 saturated carbocycles. The van der Waals surface area contributed by atoms with Gasteiger partial charge >= 0.3 is 12.1 Å². The van der Waals surface area contributed by atoms with Crippen LogP contribution in [0.5, 0.6) is 5.75 Å². The predicted octanol–water partition coefficient (Wildman–Crippen LogP) is 8.39. The van der Waals surface area contributed by atoms with E-state index in [1.807, 2.05) is 57.2 Å². The van der Waals surface area contributed by atoms with Crippen molar-refractivity contribution in [3.05, 3.63) is 64.8 Å². The smallest absolute Gasteiger partial charge is 0.410 e. The van der Waals surface area contributed by atoms with E-state index in [4.69, 9.17) is 14.2 Å². The molecule has 2 amide bonds. The van der Waals surface area contributed by atoms with Crippen LogP contribution in [0, 0.1) is 26.7 Å². The molecule has 3 heterocycles. The summed E-state index contributed by atoms with van der Waals surface area (Å²) in [5.74, 6) is 0.521. The fourth-order valence-electron chi connectivity index (χ4n) is 7.02. The molecule has 2 aliphatic heterocycles. The highest BCUT2D eigenvalue weighted by atomic mass is 16.6. The molecule has 55 heavy (non-hydrogen) atoms. The molecule has 2 aliphatic rings. The number of rotatable bonds is 11. The molecule has 0 aliphatic carbocycles. The third kappa shape index (κ3) is 14.7. The number of likely N-dealkylation sites (tertiary alicyclic amines) is 1. The third-order valence-electron chi connectivity index (χ3n) is 9.92. The summed E-state index contributed by atoms with van der Waals surface area (Å²) < 4.78 is 16.1. The maximum atomic E-state index is 12.4. The van der Waals surface area contributed by atoms with Gasteiger partial charge in [-0.2, -0.15) is 0 Å². The van der Waals surface area contributed by atoms with E-state index in [0.717, 1.165) is 70.9 Å². The van der Waals surface area contributed by atoms with Crippen molar-refractivity contribution in [2.45, 2.75) is 119 Å². The van der Waals surface area contributed by atoms with Gasteiger partial charge in [0.05, 0.1) is 11.2 Å². The van der Waals surface area contributed by atoms with Gasteiger partial charge in [0.15, 0.2) is 11.9 Å². The highest BCUT2D eigenvalue weighted by Crippen LogP contribution is 2.27. The number of carbonyl (C=O) groups is 4. The number of amides is 2. The average Bonchev–Trinajstić information content (AvgIpc) is 3.15. The molecule has 2 saturated heterocycles. The number of nitrogens with zero attached hydrogens (tertiary/aromatic N) is 3. The highest BCUT2D eigenvalue weighted by molar-refractivity contribution is 6.01. The molecular formula is C44H64N4O7. The number of Topliss-reactive ketones (excluding diaryl/α,β-unsaturated/α-hetero) is 1. The molecule has 3 aromatic rings. The Balaban J connectivity index is 0.000000244. The molecule has 302 valence electrons. The Hall–Kier alpha value is -4.35. The Bertz CT molecular complexity index is 1680. The fraction of sp³-hybridized carbons (Fsp3) is 0.568. The minimum Gasteiger partial charge on any atom is -0.438 e. The largest absolute Gasteiger partial charge is 0.438 e. The van der Waals surface area contributed by atoms with Gasteiger partial charge in [0, 0.05) is 64.2 Å². The van der Waals surface area contributed by atoms with E-state index in [-0.39, 0.29) is 17.7 Å². The van der Waals surface area contributed by atoms with E-state index >= 15 is 0 Å². The lowest BCUT2D eigenvalue weighted by Gasteiger charge is -2.33. The number of benzene rings is 2. The van der Waals surface area contributed by atoms with Gasteiger partial charge in [-0.1, -0.05) is 51.1 Å². The maximum Gasteiger partial charge on any atom is 0.410 e. The van der Waals surface area contributed by atoms with Crippen LogP contribution in [0.25, 0.3) is 10.9 Å². The molecule has 11 heteroatoms. The van der Waals surface area contributed by atoms with Crippen molar-refractivity contribution in [1.82, 2.24) is 14.8 Å². The molecule has 0 radical (unpaired) electrons. The summed E-state index contributed by atoms with van der Waals surface area (Å²) in [7, 11) is 0. The summed E-state index contributed by atoms with van der Waals surface area (Å²) in [5.41, 5.74) is 5.20. The van der Waals surface area contributed by atoms with E-state index in [1.54, 1.807) is 11.1 Å². The average molecular weight is 761 g/mol. The van der Waals surface area contributed by atoms with Crippen molar-refractivity contribution in [2.75, 3.05) is 44.7 Å². The molecule has 11 nitrogen and oxygen atoms in total. The van der Waals surface area contributed by atoms with Crippen LogP contribution >= 0.6 is 0 Å². The Morgan fingerprint density at radius 2 is 1.51 bits per heavy atom. The van der Waals surface area contributed by atoms with Crippen molar-refractivity contribution in [1.29, 1.82) is 0 Å². The Kier molecular flexibility index (Phi) is 18.7. The van der Waals surface area contributed by atoms with E-state index in [0.29, 0.717) is 31.2 Å². The highest BCUT2D eigenvalue weighted by Gasteiger charge is 2.27. The number of fused-ring (bicyclic) bond motifs is 1. The van der Waals surface area contributed by atoms with E-state index in [2.05, 4.69) is 36.0 Å². The Labute approximate surface area is 328 Å². The van der Waals surface area contributed by atoms with Gasteiger partial charge in [0.1, 0.15) is 5.75 Å². The van der Waals surface area contributed by atoms with Crippen LogP contribution in [-0.4, -0.2) is 90.1 Å². The number of carbonyl (C=O) groups excluding carboxylic acids is 4. The van der Waals surface area contributed by atoms with Crippen LogP contribution < -0.4 is 10.1 Å². The van der Waals surface area contributed by atoms with Crippen LogP contribution in [0.4, 0.5) is 10.5 Å². The number of nitrogens with one attached hydrogen (secondary N) is 1. The second kappa shape index (κ2) is 22.9. The number of aryl methyl sites for hydroxylation is 3. The minimum atomic E-state index is -0.824. The summed E-state index contributed by atoms with van der Waals surface area (Å²) in [6, 6.07) is 12.3. The molecule has 0 unspecified atom stereocenters. The summed E-state index contributed by atoms with van der Waals surface area (Å²) in [5, 5.41) is 3.82. The number of para-hydroxylation sites is 1. The quantitative estimate of drug-likeness (QED) is 0.151. The third-order valence-corrected chi connectivity index (χ3v) is 9.92. The topological polar surface area (TPSA) is 127 Å². The lowest BCUT2D eigenvalue weighted by Crippen LogP contribution is -2.41. The first kappa shape index (κ1) is 45.0. The monoisotopic (exact) mass is 760 g/mol. The molecule has 1 atom stereocenters. The Morgan fingerprint density at radius 3 is 2.05 bits per heavy atom. The number of ketones is 1. The van der Waals surface area contributed by atoms with Gasteiger partial charge in [-0.25, -0.2) is 4.79 Å². The van der Waals surface area contributed by atoms with Gasteiger partial charge in [0.25, 0.3) is 0 Å². The summed E-state index contributed by atoms with van der Waals surface area (Å²) in [4.78, 5) is 55.4. The van der Waals surface area contributed by atoms with Crippen LogP contribution in [0.1, 0.15) is 102 Å². The number of anilines is 1. The minimum absolute atomic E-state index is 0.0607. The van der Waals surface area contributed by atoms with Gasteiger partial charge in [-0.15, -0.1) is 0 Å². The number of piperidine rings is 1. The van der Waals surface area contributed by atoms with Crippen molar-refractivity contribution in [3.63, 3.8) is 0 Å². The van der Waals surface area contributed by atoms with Gasteiger partial charge in [-0.05, 0) is 114 Å². The first-order chi connectivity index (χ1) is 26.2. The zero-order chi connectivity index (χ0) is 40.5. The zero-order valence-electron chi connectivity index (χ0n) is 34.7. The SMILES string of the molecule is CC(=O)Nc1c(C)cnc2ccccc12.CC(=O)Oc1c(C)cc(C[C@@H](OC(=O)N2CCC(C)CC2)C(C)=O)cc1C.CCCN(CCC)C1CCOCC1. The molecule has 0 spiro atoms. The van der Waals surface area contributed by atoms with Crippen molar-refractivity contribution >= 4 is 40.3 Å². The number of esters is 1. The van der Waals surface area contributed by atoms with Crippen molar-refractivity contribution in [2.24, 2.45) is 5.92 Å². The summed E-state index contributed by atoms with van der Waals surface area (Å²) in [6.45, 7) is 22.4. The van der Waals surface area contributed by atoms with Crippen LogP contribution in [0.15, 0.2) is 42.6 Å². The molecule has 1 aromatic heterocycles. The second-order valence-electron chi connectivity index (χ2n) is 14.9. The van der Waals surface area contributed by atoms with E-state index in [1.165, 1.54) is 59.5 Å². The maximum absolute atomic E-state index is 12.4. The van der Waals surface area contributed by atoms with Crippen LogP contribution in [-0.2, 0) is 30.3 Å². The van der Waals surface area contributed by atoms with Gasteiger partial charge in [-0.3, -0.25) is 19.4 Å². The lowest BCUT2D eigenvalue weighted by molar-refractivity contribution is -0.132. The first-order valence-electron chi connectivity index (χ1n) is 19.9. The van der Waals surface area contributed by atoms with Crippen molar-refractivity contribution < 1.29 is 33.4 Å². The molecule has 1 N–H and O–H groups in total. The summed E-state index contributed by atoms with van der Waals surface area (Å²) >= 11 is 0. The van der Waals surface area contributed by atoms with Gasteiger partial charge in [0.2, 0.25) is 5.91 Å². The number of pyridine rings is 1. The number of aromatic nitrogens is 1. The van der Waals surface area contributed by atoms with Gasteiger partial charge < -0.3 is 29.3 Å². The van der Waals surface area contributed by atoms with E-state index in [9.17, 15) is 19.2 Å². The number of hydrogen-bond acceptors (Lipinski definition) is 9. The standard InChI is InChI=1S/C21H29NO5.C12H12N2O.C11H23NO/c1-13-6-8-22(9-7-13)21(25)27-19(16(4)23)12-18-10-14(2)20(15(3)11-18)26-17(5)24;1-8-7-13-11-6-4-3-5-10(11)12(8)14-9(2)15;1-3-7-12(8-4-2)11-5-9-13-10-6-11/h10-11,13,19H,6-9,12H2,1-5H3;3-7H,1-2H3,(H,13,14,15);11H,3-10H2,1-2H3/t19-;;/m1../s1. The molecule has 5 rings (SSSR count). The summed E-state index contributed by atoms with van der Waals surface area (Å²) in [6.07, 6.45) is 7.75. The molecule has 0 bridgehead atoms. The molecular weight excluding hydrogens is 697 g/mol. The lowest BCUT2D eigenvalue weighted by atomic mass is 9.99. The Morgan fingerprint density at radius 1 is 0.909 bits per heavy atom. The predicted molar refractivity (Wildman–Crippen MR) is 219 cm³/mol. The second-order valence-corrected chi connectivity index (χ2v) is 14.9. The molecule has 2 fully saturated rings. The normalized spacial score (nSPS) is 15.3. The number of hydrogen-bond donors (Lipinski definition) is 1. The van der Waals surface area contributed by atoms with E-state index < -0.39 is 12.2 Å². The fourth-order valence-corrected chi connectivity index (χ4v) is 7.02. The number of ether oxygens (including phenoxy) is 3.